The van der Waals surface area contributed by atoms with E-state index in [1.807, 2.05) is 22.0 Å². The third-order valence-electron chi connectivity index (χ3n) is 3.83. The fourth-order valence-electron chi connectivity index (χ4n) is 2.71. The van der Waals surface area contributed by atoms with Crippen LogP contribution in [0.25, 0.3) is 0 Å². The summed E-state index contributed by atoms with van der Waals surface area (Å²) in [5, 5.41) is 3.15. The van der Waals surface area contributed by atoms with Crippen molar-refractivity contribution in [1.29, 1.82) is 0 Å². The summed E-state index contributed by atoms with van der Waals surface area (Å²) in [5.41, 5.74) is 1.07. The molecule has 1 aliphatic rings. The average Bonchev–Trinajstić information content (AvgIpc) is 3.21. The average molecular weight is 363 g/mol. The van der Waals surface area contributed by atoms with Gasteiger partial charge in [0.1, 0.15) is 6.10 Å². The first kappa shape index (κ1) is 17.3. The van der Waals surface area contributed by atoms with Gasteiger partial charge in [0, 0.05) is 34.7 Å². The summed E-state index contributed by atoms with van der Waals surface area (Å²) in [5.74, 6) is 0.171. The Morgan fingerprint density at radius 3 is 2.88 bits per heavy atom. The number of thiazole rings is 1. The summed E-state index contributed by atoms with van der Waals surface area (Å²) in [6.45, 7) is 5.77. The van der Waals surface area contributed by atoms with Gasteiger partial charge in [-0.3, -0.25) is 4.79 Å². The van der Waals surface area contributed by atoms with Crippen LogP contribution >= 0.6 is 23.1 Å². The van der Waals surface area contributed by atoms with Crippen molar-refractivity contribution in [3.05, 3.63) is 41.4 Å². The third-order valence-corrected chi connectivity index (χ3v) is 5.50. The van der Waals surface area contributed by atoms with E-state index in [0.29, 0.717) is 23.4 Å². The first-order valence-electron chi connectivity index (χ1n) is 8.19. The molecular weight excluding hydrogens is 340 g/mol. The summed E-state index contributed by atoms with van der Waals surface area (Å²) in [4.78, 5) is 19.8. The minimum absolute atomic E-state index is 0.0601. The number of likely N-dealkylation sites (tertiary alicyclic amines) is 1. The van der Waals surface area contributed by atoms with E-state index in [9.17, 15) is 4.79 Å². The van der Waals surface area contributed by atoms with Crippen LogP contribution in [0.15, 0.2) is 40.7 Å². The Labute approximate surface area is 151 Å². The zero-order valence-electron chi connectivity index (χ0n) is 14.0. The van der Waals surface area contributed by atoms with Crippen LogP contribution in [-0.2, 0) is 11.2 Å². The number of carbonyl (C=O) groups is 1. The molecule has 1 unspecified atom stereocenters. The SMILES string of the molecule is CC(C)Sc1ccc(CC(=O)N2CCC(Oc3nccs3)C2)cc1. The van der Waals surface area contributed by atoms with Gasteiger partial charge in [0.2, 0.25) is 5.91 Å². The molecule has 6 heteroatoms. The molecule has 1 atom stereocenters. The highest BCUT2D eigenvalue weighted by atomic mass is 32.2. The maximum atomic E-state index is 12.5. The number of carbonyl (C=O) groups excluding carboxylic acids is 1. The molecule has 2 heterocycles. The predicted molar refractivity (Wildman–Crippen MR) is 98.9 cm³/mol. The topological polar surface area (TPSA) is 42.4 Å². The fraction of sp³-hybridized carbons (Fsp3) is 0.444. The van der Waals surface area contributed by atoms with Crippen molar-refractivity contribution in [2.24, 2.45) is 0 Å². The van der Waals surface area contributed by atoms with E-state index in [0.717, 1.165) is 18.5 Å². The van der Waals surface area contributed by atoms with E-state index in [-0.39, 0.29) is 12.0 Å². The van der Waals surface area contributed by atoms with Crippen LogP contribution in [0.5, 0.6) is 5.19 Å². The molecule has 1 aliphatic heterocycles. The van der Waals surface area contributed by atoms with Gasteiger partial charge >= 0.3 is 0 Å². The van der Waals surface area contributed by atoms with Crippen molar-refractivity contribution >= 4 is 29.0 Å². The maximum absolute atomic E-state index is 12.5. The van der Waals surface area contributed by atoms with Gasteiger partial charge in [-0.05, 0) is 17.7 Å². The Bertz CT molecular complexity index is 656. The monoisotopic (exact) mass is 362 g/mol. The number of aromatic nitrogens is 1. The second-order valence-corrected chi connectivity index (χ2v) is 8.66. The third kappa shape index (κ3) is 4.74. The lowest BCUT2D eigenvalue weighted by atomic mass is 10.1. The quantitative estimate of drug-likeness (QED) is 0.732. The van der Waals surface area contributed by atoms with Gasteiger partial charge in [-0.25, -0.2) is 4.98 Å². The molecule has 128 valence electrons. The van der Waals surface area contributed by atoms with Crippen molar-refractivity contribution in [2.75, 3.05) is 13.1 Å². The zero-order valence-corrected chi connectivity index (χ0v) is 15.6. The number of thioether (sulfide) groups is 1. The number of hydrogen-bond acceptors (Lipinski definition) is 5. The van der Waals surface area contributed by atoms with Crippen LogP contribution in [-0.4, -0.2) is 40.2 Å². The molecule has 24 heavy (non-hydrogen) atoms. The summed E-state index contributed by atoms with van der Waals surface area (Å²) >= 11 is 3.33. The minimum Gasteiger partial charge on any atom is -0.465 e. The number of nitrogens with zero attached hydrogens (tertiary/aromatic N) is 2. The Morgan fingerprint density at radius 2 is 2.21 bits per heavy atom. The van der Waals surface area contributed by atoms with E-state index in [1.165, 1.54) is 16.2 Å². The summed E-state index contributed by atoms with van der Waals surface area (Å²) in [6, 6.07) is 8.32. The molecule has 4 nitrogen and oxygen atoms in total. The van der Waals surface area contributed by atoms with Gasteiger partial charge in [0.15, 0.2) is 0 Å². The molecular formula is C18H22N2O2S2. The lowest BCUT2D eigenvalue weighted by Crippen LogP contribution is -2.32. The molecule has 1 aromatic carbocycles. The lowest BCUT2D eigenvalue weighted by molar-refractivity contribution is -0.129. The summed E-state index contributed by atoms with van der Waals surface area (Å²) < 4.78 is 5.81. The molecule has 0 radical (unpaired) electrons. The van der Waals surface area contributed by atoms with E-state index < -0.39 is 0 Å². The summed E-state index contributed by atoms with van der Waals surface area (Å²) in [6.07, 6.45) is 3.12. The maximum Gasteiger partial charge on any atom is 0.273 e. The highest BCUT2D eigenvalue weighted by molar-refractivity contribution is 7.99. The van der Waals surface area contributed by atoms with E-state index in [1.54, 1.807) is 6.20 Å². The number of hydrogen-bond donors (Lipinski definition) is 0. The van der Waals surface area contributed by atoms with Gasteiger partial charge in [-0.2, -0.15) is 0 Å². The molecule has 1 fully saturated rings. The number of rotatable bonds is 6. The van der Waals surface area contributed by atoms with E-state index in [2.05, 4.69) is 43.1 Å². The molecule has 0 N–H and O–H groups in total. The van der Waals surface area contributed by atoms with Crippen molar-refractivity contribution in [3.63, 3.8) is 0 Å². The van der Waals surface area contributed by atoms with E-state index in [4.69, 9.17) is 4.74 Å². The second-order valence-electron chi connectivity index (χ2n) is 6.15. The Hall–Kier alpha value is -1.53. The molecule has 1 amide bonds. The molecule has 0 bridgehead atoms. The molecule has 0 saturated carbocycles. The van der Waals surface area contributed by atoms with Gasteiger partial charge in [0.05, 0.1) is 13.0 Å². The first-order chi connectivity index (χ1) is 11.6. The van der Waals surface area contributed by atoms with Crippen LogP contribution in [0, 0.1) is 0 Å². The molecule has 2 aromatic rings. The van der Waals surface area contributed by atoms with Crippen molar-refractivity contribution in [1.82, 2.24) is 9.88 Å². The van der Waals surface area contributed by atoms with Gasteiger partial charge in [0.25, 0.3) is 5.19 Å². The lowest BCUT2D eigenvalue weighted by Gasteiger charge is -2.16. The van der Waals surface area contributed by atoms with Crippen molar-refractivity contribution in [3.8, 4) is 5.19 Å². The molecule has 1 aromatic heterocycles. The smallest absolute Gasteiger partial charge is 0.273 e. The van der Waals surface area contributed by atoms with Crippen LogP contribution in [0.3, 0.4) is 0 Å². The largest absolute Gasteiger partial charge is 0.465 e. The Kier molecular flexibility index (Phi) is 5.79. The number of benzene rings is 1. The molecule has 1 saturated heterocycles. The Morgan fingerprint density at radius 1 is 1.42 bits per heavy atom. The second kappa shape index (κ2) is 8.03. The van der Waals surface area contributed by atoms with Gasteiger partial charge in [-0.1, -0.05) is 37.3 Å². The van der Waals surface area contributed by atoms with Gasteiger partial charge < -0.3 is 9.64 Å². The minimum atomic E-state index is 0.0601. The van der Waals surface area contributed by atoms with Crippen molar-refractivity contribution in [2.45, 2.75) is 42.9 Å². The standard InChI is InChI=1S/C18H22N2O2S2/c1-13(2)24-16-5-3-14(4-6-16)11-17(21)20-9-7-15(12-20)22-18-19-8-10-23-18/h3-6,8,10,13,15H,7,9,11-12H2,1-2H3. The first-order valence-corrected chi connectivity index (χ1v) is 9.95. The predicted octanol–water partition coefficient (Wildman–Crippen LogP) is 3.87. The number of amides is 1. The Balaban J connectivity index is 1.50. The van der Waals surface area contributed by atoms with Crippen LogP contribution in [0.2, 0.25) is 0 Å². The van der Waals surface area contributed by atoms with Crippen LogP contribution < -0.4 is 4.74 Å². The highest BCUT2D eigenvalue weighted by Gasteiger charge is 2.28. The molecule has 0 spiro atoms. The van der Waals surface area contributed by atoms with E-state index >= 15 is 0 Å². The van der Waals surface area contributed by atoms with Crippen LogP contribution in [0.1, 0.15) is 25.8 Å². The van der Waals surface area contributed by atoms with Gasteiger partial charge in [-0.15, -0.1) is 11.8 Å². The number of ether oxygens (including phenoxy) is 1. The highest BCUT2D eigenvalue weighted by Crippen LogP contribution is 2.24. The van der Waals surface area contributed by atoms with Crippen LogP contribution in [0.4, 0.5) is 0 Å². The summed E-state index contributed by atoms with van der Waals surface area (Å²) in [7, 11) is 0. The fourth-order valence-corrected chi connectivity index (χ4v) is 4.10. The molecule has 0 aliphatic carbocycles. The normalized spacial score (nSPS) is 17.5. The van der Waals surface area contributed by atoms with Crippen molar-refractivity contribution < 1.29 is 9.53 Å². The zero-order chi connectivity index (χ0) is 16.9. The molecule has 3 rings (SSSR count).